The van der Waals surface area contributed by atoms with Crippen molar-refractivity contribution in [3.05, 3.63) is 0 Å². The predicted octanol–water partition coefficient (Wildman–Crippen LogP) is 2.84. The SMILES string of the molecule is CCCCSCCC(C)(NC(C)C)C(=O)OC. The molecule has 0 aromatic heterocycles. The molecule has 1 unspecified atom stereocenters. The van der Waals surface area contributed by atoms with Gasteiger partial charge in [-0.3, -0.25) is 10.1 Å². The van der Waals surface area contributed by atoms with Gasteiger partial charge in [-0.1, -0.05) is 13.3 Å². The Bertz CT molecular complexity index is 221. The molecule has 0 aliphatic rings. The summed E-state index contributed by atoms with van der Waals surface area (Å²) in [6.07, 6.45) is 3.29. The topological polar surface area (TPSA) is 38.3 Å². The van der Waals surface area contributed by atoms with Crippen molar-refractivity contribution in [1.82, 2.24) is 5.32 Å². The van der Waals surface area contributed by atoms with Gasteiger partial charge in [0.2, 0.25) is 0 Å². The van der Waals surface area contributed by atoms with Crippen LogP contribution in [-0.2, 0) is 9.53 Å². The second-order valence-electron chi connectivity index (χ2n) is 4.84. The Morgan fingerprint density at radius 1 is 1.41 bits per heavy atom. The number of hydrogen-bond donors (Lipinski definition) is 1. The molecule has 1 N–H and O–H groups in total. The van der Waals surface area contributed by atoms with E-state index in [4.69, 9.17) is 4.74 Å². The van der Waals surface area contributed by atoms with Gasteiger partial charge in [-0.25, -0.2) is 0 Å². The van der Waals surface area contributed by atoms with Gasteiger partial charge in [-0.2, -0.15) is 11.8 Å². The van der Waals surface area contributed by atoms with Crippen LogP contribution < -0.4 is 5.32 Å². The summed E-state index contributed by atoms with van der Waals surface area (Å²) in [5, 5.41) is 3.31. The third-order valence-corrected chi connectivity index (χ3v) is 3.70. The number of unbranched alkanes of at least 4 members (excludes halogenated alkanes) is 1. The molecule has 0 amide bonds. The van der Waals surface area contributed by atoms with Crippen LogP contribution in [0, 0.1) is 0 Å². The maximum absolute atomic E-state index is 11.8. The first-order chi connectivity index (χ1) is 7.96. The normalized spacial score (nSPS) is 14.7. The first kappa shape index (κ1) is 16.8. The van der Waals surface area contributed by atoms with Crippen LogP contribution in [0.15, 0.2) is 0 Å². The lowest BCUT2D eigenvalue weighted by Gasteiger charge is -2.30. The average Bonchev–Trinajstić information content (AvgIpc) is 2.26. The van der Waals surface area contributed by atoms with E-state index in [9.17, 15) is 4.79 Å². The molecule has 0 radical (unpaired) electrons. The van der Waals surface area contributed by atoms with Crippen LogP contribution in [-0.4, -0.2) is 36.2 Å². The molecule has 17 heavy (non-hydrogen) atoms. The zero-order valence-electron chi connectivity index (χ0n) is 11.8. The van der Waals surface area contributed by atoms with E-state index in [1.165, 1.54) is 25.7 Å². The fourth-order valence-electron chi connectivity index (χ4n) is 1.72. The molecular formula is C13H27NO2S. The Morgan fingerprint density at radius 2 is 2.06 bits per heavy atom. The van der Waals surface area contributed by atoms with Crippen molar-refractivity contribution >= 4 is 17.7 Å². The molecule has 0 aromatic rings. The second-order valence-corrected chi connectivity index (χ2v) is 6.06. The van der Waals surface area contributed by atoms with Crippen LogP contribution in [0.1, 0.15) is 47.0 Å². The molecule has 0 aliphatic carbocycles. The number of esters is 1. The third-order valence-electron chi connectivity index (χ3n) is 2.63. The Hall–Kier alpha value is -0.220. The van der Waals surface area contributed by atoms with Gasteiger partial charge in [0, 0.05) is 6.04 Å². The molecule has 0 saturated carbocycles. The summed E-state index contributed by atoms with van der Waals surface area (Å²) in [5.41, 5.74) is -0.553. The summed E-state index contributed by atoms with van der Waals surface area (Å²) in [6, 6.07) is 0.278. The minimum Gasteiger partial charge on any atom is -0.468 e. The molecule has 102 valence electrons. The fraction of sp³-hybridized carbons (Fsp3) is 0.923. The van der Waals surface area contributed by atoms with E-state index < -0.39 is 5.54 Å². The number of carbonyl (C=O) groups is 1. The molecule has 4 heteroatoms. The highest BCUT2D eigenvalue weighted by Gasteiger charge is 2.34. The molecule has 0 aromatic carbocycles. The van der Waals surface area contributed by atoms with E-state index in [2.05, 4.69) is 12.2 Å². The smallest absolute Gasteiger partial charge is 0.325 e. The van der Waals surface area contributed by atoms with Crippen LogP contribution in [0.4, 0.5) is 0 Å². The van der Waals surface area contributed by atoms with E-state index in [-0.39, 0.29) is 12.0 Å². The molecule has 0 spiro atoms. The van der Waals surface area contributed by atoms with Crippen LogP contribution in [0.5, 0.6) is 0 Å². The first-order valence-corrected chi connectivity index (χ1v) is 7.55. The summed E-state index contributed by atoms with van der Waals surface area (Å²) in [7, 11) is 1.45. The van der Waals surface area contributed by atoms with E-state index in [0.717, 1.165) is 12.2 Å². The van der Waals surface area contributed by atoms with E-state index in [0.29, 0.717) is 0 Å². The van der Waals surface area contributed by atoms with Crippen molar-refractivity contribution in [2.24, 2.45) is 0 Å². The molecule has 0 aliphatic heterocycles. The lowest BCUT2D eigenvalue weighted by molar-refractivity contribution is -0.148. The van der Waals surface area contributed by atoms with Crippen molar-refractivity contribution in [3.63, 3.8) is 0 Å². The van der Waals surface area contributed by atoms with Gasteiger partial charge >= 0.3 is 5.97 Å². The van der Waals surface area contributed by atoms with Crippen molar-refractivity contribution in [3.8, 4) is 0 Å². The van der Waals surface area contributed by atoms with Gasteiger partial charge < -0.3 is 4.74 Å². The highest BCUT2D eigenvalue weighted by atomic mass is 32.2. The van der Waals surface area contributed by atoms with Gasteiger partial charge in [0.05, 0.1) is 7.11 Å². The summed E-state index contributed by atoms with van der Waals surface area (Å²) >= 11 is 1.91. The van der Waals surface area contributed by atoms with Crippen LogP contribution in [0.2, 0.25) is 0 Å². The van der Waals surface area contributed by atoms with Crippen molar-refractivity contribution in [2.75, 3.05) is 18.6 Å². The van der Waals surface area contributed by atoms with E-state index in [1.807, 2.05) is 32.5 Å². The molecule has 3 nitrogen and oxygen atoms in total. The number of methoxy groups -OCH3 is 1. The Balaban J connectivity index is 4.15. The monoisotopic (exact) mass is 261 g/mol. The number of nitrogens with one attached hydrogen (secondary N) is 1. The summed E-state index contributed by atoms with van der Waals surface area (Å²) < 4.78 is 4.88. The molecule has 1 atom stereocenters. The van der Waals surface area contributed by atoms with Gasteiger partial charge in [-0.05, 0) is 45.1 Å². The standard InChI is InChI=1S/C13H27NO2S/c1-6-7-9-17-10-8-13(4,12(15)16-5)14-11(2)3/h11,14H,6-10H2,1-5H3. The molecule has 0 heterocycles. The molecule has 0 bridgehead atoms. The summed E-state index contributed by atoms with van der Waals surface area (Å²) in [5.74, 6) is 2.00. The zero-order chi connectivity index (χ0) is 13.3. The predicted molar refractivity (Wildman–Crippen MR) is 75.5 cm³/mol. The largest absolute Gasteiger partial charge is 0.468 e. The minimum atomic E-state index is -0.553. The highest BCUT2D eigenvalue weighted by molar-refractivity contribution is 7.99. The first-order valence-electron chi connectivity index (χ1n) is 6.40. The Morgan fingerprint density at radius 3 is 2.53 bits per heavy atom. The number of carbonyl (C=O) groups excluding carboxylic acids is 1. The van der Waals surface area contributed by atoms with Crippen molar-refractivity contribution in [2.45, 2.75) is 58.5 Å². The lowest BCUT2D eigenvalue weighted by Crippen LogP contribution is -2.53. The van der Waals surface area contributed by atoms with Gasteiger partial charge in [0.1, 0.15) is 5.54 Å². The average molecular weight is 261 g/mol. The zero-order valence-corrected chi connectivity index (χ0v) is 12.7. The van der Waals surface area contributed by atoms with Gasteiger partial charge in [0.15, 0.2) is 0 Å². The fourth-order valence-corrected chi connectivity index (χ4v) is 2.97. The third kappa shape index (κ3) is 6.94. The summed E-state index contributed by atoms with van der Waals surface area (Å²) in [4.78, 5) is 11.8. The van der Waals surface area contributed by atoms with Crippen molar-refractivity contribution in [1.29, 1.82) is 0 Å². The van der Waals surface area contributed by atoms with Crippen LogP contribution in [0.25, 0.3) is 0 Å². The van der Waals surface area contributed by atoms with E-state index in [1.54, 1.807) is 0 Å². The molecule has 0 saturated heterocycles. The van der Waals surface area contributed by atoms with E-state index >= 15 is 0 Å². The number of ether oxygens (including phenoxy) is 1. The minimum absolute atomic E-state index is 0.165. The quantitative estimate of drug-likeness (QED) is 0.511. The highest BCUT2D eigenvalue weighted by Crippen LogP contribution is 2.17. The number of hydrogen-bond acceptors (Lipinski definition) is 4. The van der Waals surface area contributed by atoms with Gasteiger partial charge in [0.25, 0.3) is 0 Å². The maximum atomic E-state index is 11.8. The van der Waals surface area contributed by atoms with Crippen LogP contribution >= 0.6 is 11.8 Å². The Kier molecular flexibility index (Phi) is 8.70. The Labute approximate surface area is 110 Å². The van der Waals surface area contributed by atoms with Gasteiger partial charge in [-0.15, -0.1) is 0 Å². The molecular weight excluding hydrogens is 234 g/mol. The second kappa shape index (κ2) is 8.81. The maximum Gasteiger partial charge on any atom is 0.325 e. The lowest BCUT2D eigenvalue weighted by atomic mass is 9.98. The van der Waals surface area contributed by atoms with Crippen molar-refractivity contribution < 1.29 is 9.53 Å². The number of thioether (sulfide) groups is 1. The molecule has 0 fully saturated rings. The van der Waals surface area contributed by atoms with Crippen LogP contribution in [0.3, 0.4) is 0 Å². The molecule has 0 rings (SSSR count). The number of rotatable bonds is 9. The summed E-state index contributed by atoms with van der Waals surface area (Å²) in [6.45, 7) is 8.22.